The molecule has 4 rings (SSSR count). The summed E-state index contributed by atoms with van der Waals surface area (Å²) >= 11 is 3.37. The number of halogens is 1. The number of carbonyl (C=O) groups excluding carboxylic acids is 2. The van der Waals surface area contributed by atoms with Gasteiger partial charge in [0.25, 0.3) is 5.91 Å². The molecule has 0 bridgehead atoms. The zero-order valence-electron chi connectivity index (χ0n) is 17.1. The lowest BCUT2D eigenvalue weighted by molar-refractivity contribution is -0.119. The van der Waals surface area contributed by atoms with E-state index in [-0.39, 0.29) is 17.7 Å². The van der Waals surface area contributed by atoms with Gasteiger partial charge in [0, 0.05) is 25.0 Å². The van der Waals surface area contributed by atoms with Crippen LogP contribution < -0.4 is 15.4 Å². The third kappa shape index (κ3) is 4.50. The maximum atomic E-state index is 13.3. The lowest BCUT2D eigenvalue weighted by Crippen LogP contribution is -2.50. The summed E-state index contributed by atoms with van der Waals surface area (Å²) in [6.45, 7) is 2.52. The number of nitrogens with one attached hydrogen (secondary N) is 2. The van der Waals surface area contributed by atoms with Crippen LogP contribution in [0.25, 0.3) is 0 Å². The van der Waals surface area contributed by atoms with Crippen LogP contribution in [0, 0.1) is 17.8 Å². The van der Waals surface area contributed by atoms with Gasteiger partial charge >= 0.3 is 0 Å². The van der Waals surface area contributed by atoms with E-state index in [1.807, 2.05) is 6.92 Å². The SMILES string of the molecule is CCn1nccc1C(=O)NC(C(=O)Nc1cc(OC)c(Br)cn1)C(C1CC1)C1CC1. The first-order chi connectivity index (χ1) is 14.5. The summed E-state index contributed by atoms with van der Waals surface area (Å²) in [5, 5.41) is 10.1. The molecular formula is C21H26BrN5O3. The Bertz CT molecular complexity index is 926. The predicted molar refractivity (Wildman–Crippen MR) is 115 cm³/mol. The van der Waals surface area contributed by atoms with Crippen molar-refractivity contribution in [2.75, 3.05) is 12.4 Å². The van der Waals surface area contributed by atoms with Crippen LogP contribution in [-0.2, 0) is 11.3 Å². The number of aryl methyl sites for hydroxylation is 1. The summed E-state index contributed by atoms with van der Waals surface area (Å²) in [6, 6.07) is 2.73. The lowest BCUT2D eigenvalue weighted by atomic mass is 9.88. The molecule has 0 radical (unpaired) electrons. The summed E-state index contributed by atoms with van der Waals surface area (Å²) in [5.74, 6) is 1.56. The van der Waals surface area contributed by atoms with Crippen LogP contribution in [0.3, 0.4) is 0 Å². The number of hydrogen-bond donors (Lipinski definition) is 2. The molecule has 1 atom stereocenters. The highest BCUT2D eigenvalue weighted by Crippen LogP contribution is 2.50. The molecule has 9 heteroatoms. The van der Waals surface area contributed by atoms with Gasteiger partial charge in [0.1, 0.15) is 23.3 Å². The second-order valence-corrected chi connectivity index (χ2v) is 8.78. The summed E-state index contributed by atoms with van der Waals surface area (Å²) in [6.07, 6.45) is 7.62. The number of pyridine rings is 1. The van der Waals surface area contributed by atoms with Gasteiger partial charge in [-0.25, -0.2) is 4.98 Å². The average Bonchev–Trinajstić information content (AvgIpc) is 3.68. The third-order valence-corrected chi connectivity index (χ3v) is 6.42. The van der Waals surface area contributed by atoms with E-state index in [1.165, 1.54) is 0 Å². The van der Waals surface area contributed by atoms with E-state index in [0.717, 1.165) is 25.7 Å². The average molecular weight is 476 g/mol. The van der Waals surface area contributed by atoms with Crippen molar-refractivity contribution in [3.8, 4) is 5.75 Å². The van der Waals surface area contributed by atoms with Crippen LogP contribution in [0.5, 0.6) is 5.75 Å². The van der Waals surface area contributed by atoms with Gasteiger partial charge in [0.05, 0.1) is 11.6 Å². The van der Waals surface area contributed by atoms with Gasteiger partial charge in [-0.1, -0.05) is 0 Å². The van der Waals surface area contributed by atoms with Gasteiger partial charge in [-0.2, -0.15) is 5.10 Å². The molecule has 0 aromatic carbocycles. The predicted octanol–water partition coefficient (Wildman–Crippen LogP) is 3.24. The van der Waals surface area contributed by atoms with Crippen molar-refractivity contribution in [1.82, 2.24) is 20.1 Å². The number of aromatic nitrogens is 3. The van der Waals surface area contributed by atoms with Gasteiger partial charge in [0.2, 0.25) is 5.91 Å². The van der Waals surface area contributed by atoms with Gasteiger partial charge in [-0.05, 0) is 72.4 Å². The molecule has 30 heavy (non-hydrogen) atoms. The Hall–Kier alpha value is -2.42. The Balaban J connectivity index is 1.57. The lowest BCUT2D eigenvalue weighted by Gasteiger charge is -2.27. The fourth-order valence-electron chi connectivity index (χ4n) is 4.07. The van der Waals surface area contributed by atoms with Crippen LogP contribution >= 0.6 is 15.9 Å². The van der Waals surface area contributed by atoms with E-state index < -0.39 is 6.04 Å². The quantitative estimate of drug-likeness (QED) is 0.579. The minimum Gasteiger partial charge on any atom is -0.495 e. The van der Waals surface area contributed by atoms with E-state index in [2.05, 4.69) is 36.6 Å². The Labute approximate surface area is 183 Å². The summed E-state index contributed by atoms with van der Waals surface area (Å²) in [4.78, 5) is 30.6. The molecule has 2 amide bonds. The number of methoxy groups -OCH3 is 1. The van der Waals surface area contributed by atoms with Gasteiger partial charge < -0.3 is 15.4 Å². The van der Waals surface area contributed by atoms with Crippen molar-refractivity contribution in [3.05, 3.63) is 34.7 Å². The van der Waals surface area contributed by atoms with Crippen molar-refractivity contribution in [1.29, 1.82) is 0 Å². The summed E-state index contributed by atoms with van der Waals surface area (Å²) in [5.41, 5.74) is 0.462. The van der Waals surface area contributed by atoms with Gasteiger partial charge in [0.15, 0.2) is 0 Å². The Kier molecular flexibility index (Phi) is 6.08. The molecule has 8 nitrogen and oxygen atoms in total. The number of nitrogens with zero attached hydrogens (tertiary/aromatic N) is 3. The Morgan fingerprint density at radius 2 is 2.00 bits per heavy atom. The number of anilines is 1. The molecule has 2 saturated carbocycles. The second kappa shape index (κ2) is 8.75. The number of carbonyl (C=O) groups is 2. The van der Waals surface area contributed by atoms with Crippen molar-refractivity contribution in [3.63, 3.8) is 0 Å². The molecule has 2 aliphatic carbocycles. The molecular weight excluding hydrogens is 450 g/mol. The van der Waals surface area contributed by atoms with Crippen molar-refractivity contribution >= 4 is 33.6 Å². The number of hydrogen-bond acceptors (Lipinski definition) is 5. The molecule has 2 fully saturated rings. The smallest absolute Gasteiger partial charge is 0.270 e. The fourth-order valence-corrected chi connectivity index (χ4v) is 4.45. The standard InChI is InChI=1S/C21H26BrN5O3/c1-3-27-15(8-9-24-27)20(28)26-19(18(12-4-5-12)13-6-7-13)21(29)25-17-10-16(30-2)14(22)11-23-17/h8-13,18-19H,3-7H2,1-2H3,(H,26,28)(H,23,25,29). The summed E-state index contributed by atoms with van der Waals surface area (Å²) in [7, 11) is 1.56. The number of ether oxygens (including phenoxy) is 1. The van der Waals surface area contributed by atoms with Crippen molar-refractivity contribution in [2.45, 2.75) is 45.2 Å². The molecule has 0 spiro atoms. The molecule has 2 aliphatic rings. The van der Waals surface area contributed by atoms with E-state index in [0.29, 0.717) is 40.1 Å². The topological polar surface area (TPSA) is 98.1 Å². The summed E-state index contributed by atoms with van der Waals surface area (Å²) < 4.78 is 7.63. The Morgan fingerprint density at radius 1 is 1.30 bits per heavy atom. The molecule has 160 valence electrons. The molecule has 0 saturated heterocycles. The fraction of sp³-hybridized carbons (Fsp3) is 0.524. The second-order valence-electron chi connectivity index (χ2n) is 7.93. The zero-order chi connectivity index (χ0) is 21.3. The van der Waals surface area contributed by atoms with Crippen molar-refractivity contribution < 1.29 is 14.3 Å². The highest BCUT2D eigenvalue weighted by molar-refractivity contribution is 9.10. The highest BCUT2D eigenvalue weighted by Gasteiger charge is 2.48. The van der Waals surface area contributed by atoms with Crippen molar-refractivity contribution in [2.24, 2.45) is 17.8 Å². The monoisotopic (exact) mass is 475 g/mol. The first-order valence-corrected chi connectivity index (χ1v) is 11.1. The first-order valence-electron chi connectivity index (χ1n) is 10.3. The van der Waals surface area contributed by atoms with Crippen LogP contribution in [0.1, 0.15) is 43.1 Å². The molecule has 2 aromatic rings. The molecule has 0 aliphatic heterocycles. The van der Waals surface area contributed by atoms with Crippen LogP contribution in [0.4, 0.5) is 5.82 Å². The molecule has 2 N–H and O–H groups in total. The number of amides is 2. The van der Waals surface area contributed by atoms with E-state index in [4.69, 9.17) is 4.74 Å². The molecule has 2 heterocycles. The maximum absolute atomic E-state index is 13.3. The third-order valence-electron chi connectivity index (χ3n) is 5.83. The minimum absolute atomic E-state index is 0.143. The van der Waals surface area contributed by atoms with E-state index >= 15 is 0 Å². The molecule has 2 aromatic heterocycles. The first kappa shape index (κ1) is 20.8. The normalized spacial score (nSPS) is 16.9. The molecule has 1 unspecified atom stereocenters. The highest BCUT2D eigenvalue weighted by atomic mass is 79.9. The number of rotatable bonds is 9. The zero-order valence-corrected chi connectivity index (χ0v) is 18.7. The van der Waals surface area contributed by atoms with Crippen LogP contribution in [-0.4, -0.2) is 39.7 Å². The van der Waals surface area contributed by atoms with Crippen LogP contribution in [0.15, 0.2) is 29.0 Å². The minimum atomic E-state index is -0.617. The van der Waals surface area contributed by atoms with E-state index in [9.17, 15) is 9.59 Å². The largest absolute Gasteiger partial charge is 0.495 e. The van der Waals surface area contributed by atoms with Gasteiger partial charge in [-0.15, -0.1) is 0 Å². The maximum Gasteiger partial charge on any atom is 0.270 e. The van der Waals surface area contributed by atoms with Crippen LogP contribution in [0.2, 0.25) is 0 Å². The van der Waals surface area contributed by atoms with E-state index in [1.54, 1.807) is 36.3 Å². The van der Waals surface area contributed by atoms with Gasteiger partial charge in [-0.3, -0.25) is 14.3 Å². The Morgan fingerprint density at radius 3 is 2.60 bits per heavy atom.